The van der Waals surface area contributed by atoms with Crippen LogP contribution in [0.15, 0.2) is 53.1 Å². The Kier molecular flexibility index (Phi) is 4.89. The quantitative estimate of drug-likeness (QED) is 0.453. The van der Waals surface area contributed by atoms with Crippen LogP contribution in [-0.2, 0) is 0 Å². The number of Topliss-reactive ketones (excluding diaryl/α,β-unsaturated/α-hetero) is 1. The first kappa shape index (κ1) is 18.3. The maximum absolute atomic E-state index is 12.7. The van der Waals surface area contributed by atoms with Gasteiger partial charge in [-0.3, -0.25) is 14.9 Å². The summed E-state index contributed by atoms with van der Waals surface area (Å²) in [6, 6.07) is 13.0. The monoisotopic (exact) mass is 409 g/mol. The molecule has 0 radical (unpaired) electrons. The third-order valence-electron chi connectivity index (χ3n) is 3.96. The van der Waals surface area contributed by atoms with E-state index in [1.807, 2.05) is 37.3 Å². The van der Waals surface area contributed by atoms with Crippen molar-refractivity contribution in [3.05, 3.63) is 64.2 Å². The van der Waals surface area contributed by atoms with Crippen molar-refractivity contribution in [2.75, 3.05) is 5.32 Å². The molecule has 8 heteroatoms. The molecule has 3 heterocycles. The minimum atomic E-state index is -0.366. The average Bonchev–Trinajstić information content (AvgIpc) is 3.41. The number of carbonyl (C=O) groups is 2. The number of nitrogens with zero attached hydrogens (tertiary/aromatic N) is 2. The van der Waals surface area contributed by atoms with Crippen LogP contribution in [0.3, 0.4) is 0 Å². The molecular formula is C20H15N3O3S2. The van der Waals surface area contributed by atoms with Crippen molar-refractivity contribution in [2.24, 2.45) is 0 Å². The van der Waals surface area contributed by atoms with Crippen molar-refractivity contribution in [2.45, 2.75) is 13.8 Å². The van der Waals surface area contributed by atoms with E-state index in [1.54, 1.807) is 18.4 Å². The molecule has 6 nitrogen and oxygen atoms in total. The van der Waals surface area contributed by atoms with Crippen LogP contribution < -0.4 is 5.32 Å². The van der Waals surface area contributed by atoms with Crippen LogP contribution in [0.25, 0.3) is 22.0 Å². The highest BCUT2D eigenvalue weighted by molar-refractivity contribution is 7.18. The fourth-order valence-electron chi connectivity index (χ4n) is 2.67. The van der Waals surface area contributed by atoms with E-state index < -0.39 is 0 Å². The molecule has 4 aromatic rings. The lowest BCUT2D eigenvalue weighted by Crippen LogP contribution is -2.13. The topological polar surface area (TPSA) is 85.1 Å². The Morgan fingerprint density at radius 1 is 1.04 bits per heavy atom. The van der Waals surface area contributed by atoms with Crippen molar-refractivity contribution in [1.82, 2.24) is 9.97 Å². The predicted molar refractivity (Wildman–Crippen MR) is 110 cm³/mol. The summed E-state index contributed by atoms with van der Waals surface area (Å²) in [5, 5.41) is 3.77. The number of rotatable bonds is 5. The molecule has 0 saturated carbocycles. The minimum Gasteiger partial charge on any atom is -0.462 e. The Labute approximate surface area is 168 Å². The van der Waals surface area contributed by atoms with Crippen LogP contribution in [0.5, 0.6) is 0 Å². The summed E-state index contributed by atoms with van der Waals surface area (Å²) in [7, 11) is 0. The minimum absolute atomic E-state index is 0.0956. The third kappa shape index (κ3) is 3.51. The predicted octanol–water partition coefficient (Wildman–Crippen LogP) is 5.29. The van der Waals surface area contributed by atoms with Crippen LogP contribution >= 0.6 is 22.7 Å². The van der Waals surface area contributed by atoms with Crippen molar-refractivity contribution in [1.29, 1.82) is 0 Å². The molecule has 140 valence electrons. The first-order valence-electron chi connectivity index (χ1n) is 8.43. The van der Waals surface area contributed by atoms with Gasteiger partial charge in [-0.1, -0.05) is 41.7 Å². The first-order chi connectivity index (χ1) is 13.5. The van der Waals surface area contributed by atoms with Gasteiger partial charge in [-0.2, -0.15) is 0 Å². The number of aryl methyl sites for hydroxylation is 1. The summed E-state index contributed by atoms with van der Waals surface area (Å²) < 4.78 is 5.35. The highest BCUT2D eigenvalue weighted by atomic mass is 32.1. The number of hydrogen-bond donors (Lipinski definition) is 1. The number of benzene rings is 1. The molecule has 0 spiro atoms. The van der Waals surface area contributed by atoms with Gasteiger partial charge in [0.2, 0.25) is 0 Å². The molecule has 0 bridgehead atoms. The van der Waals surface area contributed by atoms with E-state index in [-0.39, 0.29) is 11.7 Å². The number of amides is 1. The lowest BCUT2D eigenvalue weighted by molar-refractivity contribution is 0.101. The molecule has 0 fully saturated rings. The maximum atomic E-state index is 12.7. The lowest BCUT2D eigenvalue weighted by atomic mass is 10.1. The van der Waals surface area contributed by atoms with Gasteiger partial charge in [0.05, 0.1) is 16.8 Å². The molecule has 28 heavy (non-hydrogen) atoms. The molecule has 0 aliphatic carbocycles. The molecule has 0 saturated heterocycles. The van der Waals surface area contributed by atoms with E-state index in [1.165, 1.54) is 18.3 Å². The molecule has 3 aromatic heterocycles. The molecule has 1 aromatic carbocycles. The zero-order valence-corrected chi connectivity index (χ0v) is 16.7. The zero-order chi connectivity index (χ0) is 19.7. The van der Waals surface area contributed by atoms with Gasteiger partial charge in [0, 0.05) is 17.4 Å². The average molecular weight is 409 g/mol. The van der Waals surface area contributed by atoms with E-state index >= 15 is 0 Å². The summed E-state index contributed by atoms with van der Waals surface area (Å²) in [4.78, 5) is 34.9. The summed E-state index contributed by atoms with van der Waals surface area (Å²) >= 11 is 2.54. The number of nitrogens with one attached hydrogen (secondary N) is 1. The number of hydrogen-bond acceptors (Lipinski definition) is 7. The van der Waals surface area contributed by atoms with Gasteiger partial charge in [0.25, 0.3) is 5.91 Å². The van der Waals surface area contributed by atoms with Crippen LogP contribution in [-0.4, -0.2) is 21.7 Å². The number of aromatic nitrogens is 2. The summed E-state index contributed by atoms with van der Waals surface area (Å²) in [5.74, 6) is 0.156. The van der Waals surface area contributed by atoms with E-state index in [9.17, 15) is 9.59 Å². The largest absolute Gasteiger partial charge is 0.462 e. The van der Waals surface area contributed by atoms with Crippen molar-refractivity contribution in [3.63, 3.8) is 0 Å². The standard InChI is InChI=1S/C20H15N3O3S2/c1-11(24)17-16(13-7-4-3-5-8-13)22-20(28-17)23-18(25)15-12(2)27-19(21-15)14-9-6-10-26-14/h3-10H,1-2H3,(H,22,23,25). The van der Waals surface area contributed by atoms with Crippen LogP contribution in [0, 0.1) is 6.92 Å². The van der Waals surface area contributed by atoms with Crippen LogP contribution in [0.4, 0.5) is 5.13 Å². The Hall–Kier alpha value is -3.10. The summed E-state index contributed by atoms with van der Waals surface area (Å²) in [5.41, 5.74) is 1.71. The normalized spacial score (nSPS) is 10.8. The molecule has 1 N–H and O–H groups in total. The van der Waals surface area contributed by atoms with Gasteiger partial charge < -0.3 is 4.42 Å². The highest BCUT2D eigenvalue weighted by Gasteiger charge is 2.21. The fourth-order valence-corrected chi connectivity index (χ4v) is 4.43. The Bertz CT molecular complexity index is 1150. The maximum Gasteiger partial charge on any atom is 0.277 e. The van der Waals surface area contributed by atoms with Gasteiger partial charge in [-0.25, -0.2) is 9.97 Å². The van der Waals surface area contributed by atoms with Gasteiger partial charge in [-0.15, -0.1) is 11.3 Å². The second-order valence-corrected chi connectivity index (χ2v) is 8.18. The third-order valence-corrected chi connectivity index (χ3v) is 6.02. The Morgan fingerprint density at radius 2 is 1.82 bits per heavy atom. The molecule has 1 amide bonds. The van der Waals surface area contributed by atoms with Crippen molar-refractivity contribution in [3.8, 4) is 22.0 Å². The second kappa shape index (κ2) is 7.49. The number of anilines is 1. The number of thiazole rings is 2. The Balaban J connectivity index is 1.63. The number of furan rings is 1. The van der Waals surface area contributed by atoms with Gasteiger partial charge in [0.1, 0.15) is 5.69 Å². The van der Waals surface area contributed by atoms with Crippen LogP contribution in [0.1, 0.15) is 32.0 Å². The van der Waals surface area contributed by atoms with Gasteiger partial charge >= 0.3 is 0 Å². The molecular weight excluding hydrogens is 394 g/mol. The van der Waals surface area contributed by atoms with Crippen molar-refractivity contribution >= 4 is 39.5 Å². The summed E-state index contributed by atoms with van der Waals surface area (Å²) in [6.07, 6.45) is 1.57. The number of carbonyl (C=O) groups excluding carboxylic acids is 2. The fraction of sp³-hybridized carbons (Fsp3) is 0.100. The van der Waals surface area contributed by atoms with E-state index in [0.717, 1.165) is 21.8 Å². The highest BCUT2D eigenvalue weighted by Crippen LogP contribution is 2.33. The molecule has 0 atom stereocenters. The zero-order valence-electron chi connectivity index (χ0n) is 15.1. The lowest BCUT2D eigenvalue weighted by Gasteiger charge is -1.99. The smallest absolute Gasteiger partial charge is 0.277 e. The number of ketones is 1. The SMILES string of the molecule is CC(=O)c1sc(NC(=O)c2nc(-c3ccco3)sc2C)nc1-c1ccccc1. The molecule has 0 aliphatic heterocycles. The van der Waals surface area contributed by atoms with E-state index in [2.05, 4.69) is 15.3 Å². The van der Waals surface area contributed by atoms with E-state index in [4.69, 9.17) is 4.42 Å². The van der Waals surface area contributed by atoms with Gasteiger partial charge in [-0.05, 0) is 19.1 Å². The molecule has 4 rings (SSSR count). The second-order valence-electron chi connectivity index (χ2n) is 5.97. The Morgan fingerprint density at radius 3 is 2.50 bits per heavy atom. The molecule has 0 unspecified atom stereocenters. The van der Waals surface area contributed by atoms with E-state index in [0.29, 0.717) is 32.2 Å². The van der Waals surface area contributed by atoms with Crippen molar-refractivity contribution < 1.29 is 14.0 Å². The first-order valence-corrected chi connectivity index (χ1v) is 10.1. The van der Waals surface area contributed by atoms with Gasteiger partial charge in [0.15, 0.2) is 21.7 Å². The molecule has 0 aliphatic rings. The van der Waals surface area contributed by atoms with Crippen LogP contribution in [0.2, 0.25) is 0 Å². The summed E-state index contributed by atoms with van der Waals surface area (Å²) in [6.45, 7) is 3.32.